The monoisotopic (exact) mass is 428 g/mol. The van der Waals surface area contributed by atoms with E-state index in [1.807, 2.05) is 0 Å². The van der Waals surface area contributed by atoms with Crippen LogP contribution in [0.1, 0.15) is 31.1 Å². The Morgan fingerprint density at radius 1 is 0.903 bits per heavy atom. The summed E-state index contributed by atoms with van der Waals surface area (Å²) in [7, 11) is 5.63. The molecule has 0 bridgehead atoms. The molecule has 0 saturated heterocycles. The van der Waals surface area contributed by atoms with Gasteiger partial charge in [0.05, 0.1) is 38.0 Å². The molecule has 0 spiro atoms. The standard InChI is InChI=1S/C21H20N2O8/c1-23-19(25)13-6-5-12(9-14(13)20(23)26)22-17(24)10-31-21(27)11-7-15(28-2)18(30-4)16(8-11)29-3/h5-9H,10H2,1-4H3,(H,22,24). The normalized spacial score (nSPS) is 12.3. The van der Waals surface area contributed by atoms with Crippen LogP contribution in [0.15, 0.2) is 30.3 Å². The number of methoxy groups -OCH3 is 3. The van der Waals surface area contributed by atoms with Crippen molar-refractivity contribution >= 4 is 29.4 Å². The van der Waals surface area contributed by atoms with Gasteiger partial charge in [-0.25, -0.2) is 4.79 Å². The fourth-order valence-electron chi connectivity index (χ4n) is 3.05. The van der Waals surface area contributed by atoms with Crippen LogP contribution in [-0.4, -0.2) is 63.6 Å². The van der Waals surface area contributed by atoms with Gasteiger partial charge in [0.2, 0.25) is 5.75 Å². The molecule has 1 heterocycles. The zero-order valence-electron chi connectivity index (χ0n) is 17.3. The van der Waals surface area contributed by atoms with Gasteiger partial charge in [0.25, 0.3) is 17.7 Å². The number of amides is 3. The minimum Gasteiger partial charge on any atom is -0.493 e. The molecule has 1 N–H and O–H groups in total. The van der Waals surface area contributed by atoms with Crippen LogP contribution in [0.4, 0.5) is 5.69 Å². The molecule has 0 atom stereocenters. The van der Waals surface area contributed by atoms with E-state index in [-0.39, 0.29) is 28.2 Å². The van der Waals surface area contributed by atoms with Gasteiger partial charge in [0.1, 0.15) is 0 Å². The van der Waals surface area contributed by atoms with Crippen molar-refractivity contribution in [1.29, 1.82) is 0 Å². The van der Waals surface area contributed by atoms with E-state index in [0.717, 1.165) is 4.90 Å². The lowest BCUT2D eigenvalue weighted by Gasteiger charge is -2.13. The van der Waals surface area contributed by atoms with Gasteiger partial charge in [-0.1, -0.05) is 0 Å². The number of benzene rings is 2. The van der Waals surface area contributed by atoms with Crippen molar-refractivity contribution in [3.63, 3.8) is 0 Å². The topological polar surface area (TPSA) is 120 Å². The first-order valence-corrected chi connectivity index (χ1v) is 9.04. The summed E-state index contributed by atoms with van der Waals surface area (Å²) in [6, 6.07) is 7.15. The Kier molecular flexibility index (Phi) is 6.10. The molecule has 0 radical (unpaired) electrons. The summed E-state index contributed by atoms with van der Waals surface area (Å²) in [6.07, 6.45) is 0. The maximum absolute atomic E-state index is 12.4. The molecule has 10 heteroatoms. The number of hydrogen-bond acceptors (Lipinski definition) is 8. The molecule has 0 unspecified atom stereocenters. The van der Waals surface area contributed by atoms with E-state index in [0.29, 0.717) is 11.4 Å². The Morgan fingerprint density at radius 2 is 1.52 bits per heavy atom. The van der Waals surface area contributed by atoms with Crippen molar-refractivity contribution in [2.45, 2.75) is 0 Å². The Labute approximate surface area is 177 Å². The molecule has 0 aliphatic carbocycles. The van der Waals surface area contributed by atoms with Crippen LogP contribution in [0.3, 0.4) is 0 Å². The minimum absolute atomic E-state index is 0.104. The number of ether oxygens (including phenoxy) is 4. The van der Waals surface area contributed by atoms with E-state index in [4.69, 9.17) is 18.9 Å². The number of esters is 1. The molecule has 162 valence electrons. The van der Waals surface area contributed by atoms with Crippen molar-refractivity contribution < 1.29 is 38.1 Å². The fourth-order valence-corrected chi connectivity index (χ4v) is 3.05. The second-order valence-corrected chi connectivity index (χ2v) is 6.47. The highest BCUT2D eigenvalue weighted by Crippen LogP contribution is 2.38. The zero-order chi connectivity index (χ0) is 22.7. The maximum Gasteiger partial charge on any atom is 0.338 e. The van der Waals surface area contributed by atoms with E-state index >= 15 is 0 Å². The summed E-state index contributed by atoms with van der Waals surface area (Å²) in [5.41, 5.74) is 0.857. The van der Waals surface area contributed by atoms with Gasteiger partial charge in [-0.15, -0.1) is 0 Å². The number of nitrogens with zero attached hydrogens (tertiary/aromatic N) is 1. The van der Waals surface area contributed by atoms with Crippen LogP contribution in [-0.2, 0) is 9.53 Å². The number of hydrogen-bond donors (Lipinski definition) is 1. The molecule has 0 aromatic heterocycles. The Bertz CT molecular complexity index is 1050. The highest BCUT2D eigenvalue weighted by atomic mass is 16.5. The molecular formula is C21H20N2O8. The first-order valence-electron chi connectivity index (χ1n) is 9.04. The largest absolute Gasteiger partial charge is 0.493 e. The number of carbonyl (C=O) groups is 4. The maximum atomic E-state index is 12.4. The molecule has 3 amide bonds. The molecular weight excluding hydrogens is 408 g/mol. The second-order valence-electron chi connectivity index (χ2n) is 6.47. The van der Waals surface area contributed by atoms with Crippen molar-refractivity contribution in [1.82, 2.24) is 4.90 Å². The predicted octanol–water partition coefficient (Wildman–Crippen LogP) is 1.73. The van der Waals surface area contributed by atoms with Crippen LogP contribution >= 0.6 is 0 Å². The number of carbonyl (C=O) groups excluding carboxylic acids is 4. The number of fused-ring (bicyclic) bond motifs is 1. The van der Waals surface area contributed by atoms with Crippen molar-refractivity contribution in [3.05, 3.63) is 47.0 Å². The van der Waals surface area contributed by atoms with E-state index < -0.39 is 30.3 Å². The van der Waals surface area contributed by atoms with Gasteiger partial charge in [-0.3, -0.25) is 19.3 Å². The molecule has 31 heavy (non-hydrogen) atoms. The van der Waals surface area contributed by atoms with Gasteiger partial charge in [-0.2, -0.15) is 0 Å². The molecule has 0 saturated carbocycles. The molecule has 10 nitrogen and oxygen atoms in total. The Hall–Kier alpha value is -4.08. The SMILES string of the molecule is COc1cc(C(=O)OCC(=O)Nc2ccc3c(c2)C(=O)N(C)C3=O)cc(OC)c1OC. The van der Waals surface area contributed by atoms with Gasteiger partial charge in [-0.05, 0) is 30.3 Å². The molecule has 1 aliphatic rings. The van der Waals surface area contributed by atoms with Gasteiger partial charge >= 0.3 is 5.97 Å². The highest BCUT2D eigenvalue weighted by molar-refractivity contribution is 6.21. The molecule has 3 rings (SSSR count). The van der Waals surface area contributed by atoms with E-state index in [1.165, 1.54) is 58.7 Å². The lowest BCUT2D eigenvalue weighted by atomic mass is 10.1. The highest BCUT2D eigenvalue weighted by Gasteiger charge is 2.32. The number of nitrogens with one attached hydrogen (secondary N) is 1. The van der Waals surface area contributed by atoms with E-state index in [2.05, 4.69) is 5.32 Å². The molecule has 1 aliphatic heterocycles. The second kappa shape index (κ2) is 8.74. The first kappa shape index (κ1) is 21.6. The van der Waals surface area contributed by atoms with Crippen LogP contribution in [0, 0.1) is 0 Å². The Balaban J connectivity index is 1.66. The number of imide groups is 1. The summed E-state index contributed by atoms with van der Waals surface area (Å²) in [6.45, 7) is -0.570. The van der Waals surface area contributed by atoms with Crippen LogP contribution in [0.5, 0.6) is 17.2 Å². The fraction of sp³-hybridized carbons (Fsp3) is 0.238. The molecule has 2 aromatic carbocycles. The summed E-state index contributed by atoms with van der Waals surface area (Å²) >= 11 is 0. The third kappa shape index (κ3) is 4.13. The molecule has 2 aromatic rings. The van der Waals surface area contributed by atoms with Crippen molar-refractivity contribution in [2.24, 2.45) is 0 Å². The van der Waals surface area contributed by atoms with Crippen LogP contribution in [0.25, 0.3) is 0 Å². The average Bonchev–Trinajstić information content (AvgIpc) is 2.99. The lowest BCUT2D eigenvalue weighted by Crippen LogP contribution is -2.24. The quantitative estimate of drug-likeness (QED) is 0.523. The van der Waals surface area contributed by atoms with E-state index in [1.54, 1.807) is 0 Å². The third-order valence-electron chi connectivity index (χ3n) is 4.61. The summed E-state index contributed by atoms with van der Waals surface area (Å²) < 4.78 is 20.6. The average molecular weight is 428 g/mol. The van der Waals surface area contributed by atoms with Crippen molar-refractivity contribution in [3.8, 4) is 17.2 Å². The van der Waals surface area contributed by atoms with Gasteiger partial charge in [0, 0.05) is 12.7 Å². The third-order valence-corrected chi connectivity index (χ3v) is 4.61. The smallest absolute Gasteiger partial charge is 0.338 e. The molecule has 0 fully saturated rings. The van der Waals surface area contributed by atoms with E-state index in [9.17, 15) is 19.2 Å². The van der Waals surface area contributed by atoms with Crippen molar-refractivity contribution in [2.75, 3.05) is 40.3 Å². The lowest BCUT2D eigenvalue weighted by molar-refractivity contribution is -0.119. The first-order chi connectivity index (χ1) is 14.8. The Morgan fingerprint density at radius 3 is 2.10 bits per heavy atom. The summed E-state index contributed by atoms with van der Waals surface area (Å²) in [5.74, 6) is -1.41. The minimum atomic E-state index is -0.772. The summed E-state index contributed by atoms with van der Waals surface area (Å²) in [5, 5.41) is 2.52. The van der Waals surface area contributed by atoms with Crippen LogP contribution in [0.2, 0.25) is 0 Å². The van der Waals surface area contributed by atoms with Gasteiger partial charge < -0.3 is 24.3 Å². The number of anilines is 1. The van der Waals surface area contributed by atoms with Crippen LogP contribution < -0.4 is 19.5 Å². The predicted molar refractivity (Wildman–Crippen MR) is 108 cm³/mol. The van der Waals surface area contributed by atoms with Gasteiger partial charge in [0.15, 0.2) is 18.1 Å². The zero-order valence-corrected chi connectivity index (χ0v) is 17.3. The summed E-state index contributed by atoms with van der Waals surface area (Å²) in [4.78, 5) is 49.5. The number of rotatable bonds is 7.